The lowest BCUT2D eigenvalue weighted by Crippen LogP contribution is -2.48. The summed E-state index contributed by atoms with van der Waals surface area (Å²) in [4.78, 5) is 18.6. The third-order valence-electron chi connectivity index (χ3n) is 4.54. The fraction of sp³-hybridized carbons (Fsp3) is 0.158. The van der Waals surface area contributed by atoms with E-state index in [2.05, 4.69) is 15.3 Å². The highest BCUT2D eigenvalue weighted by atomic mass is 35.5. The van der Waals surface area contributed by atoms with Gasteiger partial charge in [-0.3, -0.25) is 4.79 Å². The topological polar surface area (TPSA) is 98.4 Å². The van der Waals surface area contributed by atoms with Crippen molar-refractivity contribution in [3.05, 3.63) is 65.3 Å². The van der Waals surface area contributed by atoms with E-state index in [0.717, 1.165) is 5.56 Å². The Bertz CT molecular complexity index is 1130. The number of rotatable bonds is 4. The molecule has 5 rings (SSSR count). The number of benzene rings is 1. The average molecular weight is 397 g/mol. The van der Waals surface area contributed by atoms with Gasteiger partial charge in [-0.1, -0.05) is 34.0 Å². The van der Waals surface area contributed by atoms with E-state index in [4.69, 9.17) is 25.1 Å². The smallest absolute Gasteiger partial charge is 0.276 e. The summed E-state index contributed by atoms with van der Waals surface area (Å²) in [5.74, 6) is 1.67. The van der Waals surface area contributed by atoms with Crippen molar-refractivity contribution in [3.63, 3.8) is 0 Å². The first-order chi connectivity index (χ1) is 13.7. The first kappa shape index (κ1) is 16.8. The molecule has 0 unspecified atom stereocenters. The molecule has 0 saturated carbocycles. The molecule has 0 atom stereocenters. The van der Waals surface area contributed by atoms with Gasteiger partial charge in [0.1, 0.15) is 0 Å². The normalized spacial score (nSPS) is 14.2. The minimum Gasteiger partial charge on any atom is -0.461 e. The van der Waals surface area contributed by atoms with E-state index < -0.39 is 0 Å². The summed E-state index contributed by atoms with van der Waals surface area (Å²) in [6.45, 7) is 0.942. The molecule has 1 aromatic carbocycles. The van der Waals surface area contributed by atoms with E-state index in [1.807, 2.05) is 12.1 Å². The Morgan fingerprint density at radius 3 is 2.75 bits per heavy atom. The Labute approximate surface area is 163 Å². The van der Waals surface area contributed by atoms with E-state index in [1.54, 1.807) is 35.2 Å². The number of furan rings is 1. The molecule has 4 heterocycles. The number of likely N-dealkylation sites (tertiary alicyclic amines) is 1. The zero-order chi connectivity index (χ0) is 19.1. The molecule has 9 heteroatoms. The molecular formula is C19H13ClN4O4. The van der Waals surface area contributed by atoms with Crippen LogP contribution in [-0.2, 0) is 0 Å². The van der Waals surface area contributed by atoms with E-state index in [-0.39, 0.29) is 17.5 Å². The van der Waals surface area contributed by atoms with Crippen molar-refractivity contribution in [2.24, 2.45) is 0 Å². The van der Waals surface area contributed by atoms with Crippen LogP contribution in [0.2, 0.25) is 5.02 Å². The van der Waals surface area contributed by atoms with Gasteiger partial charge >= 0.3 is 0 Å². The third kappa shape index (κ3) is 2.97. The Balaban J connectivity index is 1.25. The van der Waals surface area contributed by atoms with Crippen LogP contribution in [0, 0.1) is 0 Å². The van der Waals surface area contributed by atoms with Crippen LogP contribution in [0.3, 0.4) is 0 Å². The highest BCUT2D eigenvalue weighted by molar-refractivity contribution is 6.30. The van der Waals surface area contributed by atoms with Crippen LogP contribution in [-0.4, -0.2) is 39.2 Å². The maximum Gasteiger partial charge on any atom is 0.276 e. The summed E-state index contributed by atoms with van der Waals surface area (Å²) in [5, 5.41) is 8.44. The number of hydrogen-bond donors (Lipinski definition) is 0. The lowest BCUT2D eigenvalue weighted by molar-refractivity contribution is 0.0558. The van der Waals surface area contributed by atoms with Gasteiger partial charge in [-0.15, -0.1) is 0 Å². The first-order valence-electron chi connectivity index (χ1n) is 8.57. The molecule has 0 N–H and O–H groups in total. The van der Waals surface area contributed by atoms with Gasteiger partial charge in [0.25, 0.3) is 5.91 Å². The molecule has 8 nitrogen and oxygen atoms in total. The Morgan fingerprint density at radius 1 is 1.07 bits per heavy atom. The van der Waals surface area contributed by atoms with Crippen molar-refractivity contribution in [3.8, 4) is 22.9 Å². The van der Waals surface area contributed by atoms with E-state index in [9.17, 15) is 4.79 Å². The molecule has 1 aliphatic rings. The van der Waals surface area contributed by atoms with Crippen LogP contribution in [0.1, 0.15) is 22.3 Å². The zero-order valence-electron chi connectivity index (χ0n) is 14.4. The summed E-state index contributed by atoms with van der Waals surface area (Å²) in [6.07, 6.45) is 1.53. The number of amides is 1. The lowest BCUT2D eigenvalue weighted by atomic mass is 9.99. The van der Waals surface area contributed by atoms with E-state index >= 15 is 0 Å². The Morgan fingerprint density at radius 2 is 1.96 bits per heavy atom. The van der Waals surface area contributed by atoms with Crippen LogP contribution < -0.4 is 0 Å². The summed E-state index contributed by atoms with van der Waals surface area (Å²) in [7, 11) is 0. The number of carbonyl (C=O) groups excluding carboxylic acids is 1. The maximum absolute atomic E-state index is 12.5. The number of halogens is 1. The molecule has 140 valence electrons. The lowest BCUT2D eigenvalue weighted by Gasteiger charge is -2.36. The first-order valence-corrected chi connectivity index (χ1v) is 8.94. The molecule has 28 heavy (non-hydrogen) atoms. The number of nitrogens with zero attached hydrogens (tertiary/aromatic N) is 4. The molecule has 1 saturated heterocycles. The van der Waals surface area contributed by atoms with Crippen molar-refractivity contribution in [1.29, 1.82) is 0 Å². The SMILES string of the molecule is O=C(c1cc(-c2ccco2)on1)N1CC(c2nc(-c3cccc(Cl)c3)no2)C1. The molecule has 1 fully saturated rings. The van der Waals surface area contributed by atoms with Crippen LogP contribution in [0.25, 0.3) is 22.9 Å². The predicted octanol–water partition coefficient (Wildman–Crippen LogP) is 3.88. The van der Waals surface area contributed by atoms with Gasteiger partial charge in [0.2, 0.25) is 17.5 Å². The number of hydrogen-bond acceptors (Lipinski definition) is 7. The molecule has 0 aliphatic carbocycles. The fourth-order valence-electron chi connectivity index (χ4n) is 3.02. The summed E-state index contributed by atoms with van der Waals surface area (Å²) in [6, 6.07) is 12.3. The number of aromatic nitrogens is 3. The van der Waals surface area contributed by atoms with Gasteiger partial charge < -0.3 is 18.4 Å². The minimum atomic E-state index is -0.215. The van der Waals surface area contributed by atoms with Crippen LogP contribution >= 0.6 is 11.6 Å². The molecule has 1 amide bonds. The van der Waals surface area contributed by atoms with Gasteiger partial charge in [-0.2, -0.15) is 4.98 Å². The molecule has 0 radical (unpaired) electrons. The highest BCUT2D eigenvalue weighted by Crippen LogP contribution is 2.30. The minimum absolute atomic E-state index is 0.0131. The van der Waals surface area contributed by atoms with Gasteiger partial charge in [0.05, 0.1) is 12.2 Å². The Hall–Kier alpha value is -3.39. The molecular weight excluding hydrogens is 384 g/mol. The zero-order valence-corrected chi connectivity index (χ0v) is 15.2. The molecule has 0 spiro atoms. The maximum atomic E-state index is 12.5. The van der Waals surface area contributed by atoms with Crippen molar-refractivity contribution < 1.29 is 18.3 Å². The summed E-state index contributed by atoms with van der Waals surface area (Å²) in [5.41, 5.74) is 1.01. The van der Waals surface area contributed by atoms with E-state index in [1.165, 1.54) is 6.26 Å². The van der Waals surface area contributed by atoms with E-state index in [0.29, 0.717) is 41.3 Å². The highest BCUT2D eigenvalue weighted by Gasteiger charge is 2.37. The standard InChI is InChI=1S/C19H13ClN4O4/c20-13-4-1-3-11(7-13)17-21-18(28-23-17)12-9-24(10-12)19(25)14-8-16(27-22-14)15-5-2-6-26-15/h1-8,12H,9-10H2. The molecule has 0 bridgehead atoms. The van der Waals surface area contributed by atoms with Crippen LogP contribution in [0.5, 0.6) is 0 Å². The number of carbonyl (C=O) groups is 1. The van der Waals surface area contributed by atoms with Crippen molar-refractivity contribution in [2.75, 3.05) is 13.1 Å². The van der Waals surface area contributed by atoms with Gasteiger partial charge in [0.15, 0.2) is 11.5 Å². The molecule has 1 aliphatic heterocycles. The second-order valence-corrected chi connectivity index (χ2v) is 6.86. The molecule has 4 aromatic rings. The van der Waals surface area contributed by atoms with Gasteiger partial charge in [-0.25, -0.2) is 0 Å². The third-order valence-corrected chi connectivity index (χ3v) is 4.77. The van der Waals surface area contributed by atoms with Gasteiger partial charge in [0, 0.05) is 29.7 Å². The monoisotopic (exact) mass is 396 g/mol. The van der Waals surface area contributed by atoms with Crippen LogP contribution in [0.4, 0.5) is 0 Å². The van der Waals surface area contributed by atoms with Crippen molar-refractivity contribution in [2.45, 2.75) is 5.92 Å². The summed E-state index contributed by atoms with van der Waals surface area (Å²) < 4.78 is 15.8. The quantitative estimate of drug-likeness (QED) is 0.516. The predicted molar refractivity (Wildman–Crippen MR) is 97.6 cm³/mol. The van der Waals surface area contributed by atoms with Gasteiger partial charge in [-0.05, 0) is 24.3 Å². The average Bonchev–Trinajstić information content (AvgIpc) is 3.40. The van der Waals surface area contributed by atoms with Crippen LogP contribution in [0.15, 0.2) is 62.2 Å². The van der Waals surface area contributed by atoms with Crippen molar-refractivity contribution in [1.82, 2.24) is 20.2 Å². The second kappa shape index (κ2) is 6.65. The largest absolute Gasteiger partial charge is 0.461 e. The second-order valence-electron chi connectivity index (χ2n) is 6.43. The molecule has 3 aromatic heterocycles. The summed E-state index contributed by atoms with van der Waals surface area (Å²) >= 11 is 6.00. The fourth-order valence-corrected chi connectivity index (χ4v) is 3.21. The van der Waals surface area contributed by atoms with Crippen molar-refractivity contribution >= 4 is 17.5 Å². The Kier molecular flexibility index (Phi) is 3.98.